The number of nitrogens with one attached hydrogen (secondary N) is 1. The van der Waals surface area contributed by atoms with Crippen LogP contribution in [-0.4, -0.2) is 64.1 Å². The van der Waals surface area contributed by atoms with Crippen LogP contribution in [0.1, 0.15) is 6.23 Å². The first kappa shape index (κ1) is 22.0. The zero-order valence-electron chi connectivity index (χ0n) is 14.6. The summed E-state index contributed by atoms with van der Waals surface area (Å²) in [5.74, 6) is -0.237. The molecule has 3 rings (SSSR count). The highest BCUT2D eigenvalue weighted by atomic mass is 31.2. The fourth-order valence-corrected chi connectivity index (χ4v) is 3.92. The van der Waals surface area contributed by atoms with Crippen LogP contribution in [0.3, 0.4) is 0 Å². The van der Waals surface area contributed by atoms with Crippen LogP contribution in [-0.2, 0) is 30.0 Å². The molecule has 1 aliphatic rings. The molecule has 8 N–H and O–H groups in total. The van der Waals surface area contributed by atoms with Gasteiger partial charge in [0, 0.05) is 0 Å². The molecule has 0 amide bonds. The van der Waals surface area contributed by atoms with E-state index in [9.17, 15) is 19.0 Å². The minimum Gasteiger partial charge on any atom is -0.384 e. The molecule has 0 unspecified atom stereocenters. The SMILES string of the molecule is Cn1c[n+]([C@@H]2O[C@H](COP(=O)(O)O)[C@@H](OP(=O)(O)O)[C@H]2O)c2nc(N)[nH]c(=O)c21. The number of anilines is 1. The largest absolute Gasteiger partial charge is 0.470 e. The molecule has 0 radical (unpaired) electrons. The summed E-state index contributed by atoms with van der Waals surface area (Å²) in [5.41, 5.74) is 4.98. The number of aliphatic hydroxyl groups excluding tert-OH is 1. The standard InChI is InChI=1S/C11H17N5O11P2/c1-15-3-16(8-5(15)9(18)14-11(12)13-8)10-6(17)7(27-29(22,23)24)4(26-10)2-25-28(19,20)21/h3-4,6-7,10,17H,2H2,1H3,(H6-,12,13,14,18,19,20,21,22,23,24)/p+1/t4-,6-,7-,10-/m1/s1. The van der Waals surface area contributed by atoms with Gasteiger partial charge in [-0.05, 0) is 0 Å². The summed E-state index contributed by atoms with van der Waals surface area (Å²) in [4.78, 5) is 54.3. The van der Waals surface area contributed by atoms with Crippen LogP contribution < -0.4 is 15.9 Å². The fourth-order valence-electron chi connectivity index (χ4n) is 3.00. The third kappa shape index (κ3) is 4.73. The third-order valence-electron chi connectivity index (χ3n) is 4.04. The molecule has 0 aromatic carbocycles. The molecule has 1 saturated heterocycles. The van der Waals surface area contributed by atoms with Crippen molar-refractivity contribution in [1.82, 2.24) is 14.5 Å². The van der Waals surface area contributed by atoms with Crippen LogP contribution >= 0.6 is 15.6 Å². The molecule has 2 aromatic heterocycles. The number of H-pyrrole nitrogens is 1. The van der Waals surface area contributed by atoms with Gasteiger partial charge in [-0.25, -0.2) is 13.7 Å². The molecule has 18 heteroatoms. The van der Waals surface area contributed by atoms with Crippen molar-refractivity contribution in [2.24, 2.45) is 7.05 Å². The zero-order chi connectivity index (χ0) is 21.7. The molecule has 1 fully saturated rings. The number of nitrogens with two attached hydrogens (primary N) is 1. The van der Waals surface area contributed by atoms with E-state index in [1.165, 1.54) is 22.5 Å². The second-order valence-corrected chi connectivity index (χ2v) is 8.59. The number of aryl methyl sites for hydroxylation is 1. The van der Waals surface area contributed by atoms with Gasteiger partial charge >= 0.3 is 21.3 Å². The summed E-state index contributed by atoms with van der Waals surface area (Å²) in [5, 5.41) is 10.6. The summed E-state index contributed by atoms with van der Waals surface area (Å²) in [6.07, 6.45) is -5.06. The van der Waals surface area contributed by atoms with Crippen molar-refractivity contribution >= 4 is 32.8 Å². The number of nitrogen functional groups attached to an aromatic ring is 1. The number of aromatic amines is 1. The van der Waals surface area contributed by atoms with Gasteiger partial charge in [-0.15, -0.1) is 0 Å². The molecule has 162 valence electrons. The Morgan fingerprint density at radius 2 is 2.00 bits per heavy atom. The first-order valence-corrected chi connectivity index (χ1v) is 10.9. The van der Waals surface area contributed by atoms with Crippen molar-refractivity contribution in [2.75, 3.05) is 12.3 Å². The number of ether oxygens (including phenoxy) is 1. The van der Waals surface area contributed by atoms with E-state index in [4.69, 9.17) is 30.0 Å². The number of fused-ring (bicyclic) bond motifs is 1. The fraction of sp³-hybridized carbons (Fsp3) is 0.545. The lowest BCUT2D eigenvalue weighted by atomic mass is 10.1. The Bertz CT molecular complexity index is 1070. The summed E-state index contributed by atoms with van der Waals surface area (Å²) in [6, 6.07) is 0. The lowest BCUT2D eigenvalue weighted by Gasteiger charge is -2.20. The van der Waals surface area contributed by atoms with Crippen LogP contribution in [0.15, 0.2) is 11.1 Å². The van der Waals surface area contributed by atoms with Crippen LogP contribution in [0.5, 0.6) is 0 Å². The molecule has 1 aliphatic heterocycles. The first-order valence-electron chi connectivity index (χ1n) is 7.80. The van der Waals surface area contributed by atoms with E-state index in [2.05, 4.69) is 19.0 Å². The Labute approximate surface area is 160 Å². The Morgan fingerprint density at radius 3 is 2.59 bits per heavy atom. The molecule has 0 saturated carbocycles. The van der Waals surface area contributed by atoms with Gasteiger partial charge in [0.25, 0.3) is 11.5 Å². The first-order chi connectivity index (χ1) is 13.3. The van der Waals surface area contributed by atoms with E-state index in [1.54, 1.807) is 0 Å². The molecule has 0 spiro atoms. The number of imidazole rings is 1. The number of hydrogen-bond acceptors (Lipinski definition) is 9. The molecule has 3 heterocycles. The Kier molecular flexibility index (Phi) is 5.70. The molecule has 2 aromatic rings. The maximum atomic E-state index is 12.1. The minimum absolute atomic E-state index is 0.0238. The summed E-state index contributed by atoms with van der Waals surface area (Å²) in [7, 11) is -8.59. The van der Waals surface area contributed by atoms with E-state index < -0.39 is 52.4 Å². The topological polar surface area (TPSA) is 244 Å². The van der Waals surface area contributed by atoms with Crippen molar-refractivity contribution in [1.29, 1.82) is 0 Å². The third-order valence-corrected chi connectivity index (χ3v) is 5.04. The molecule has 0 aliphatic carbocycles. The van der Waals surface area contributed by atoms with Crippen molar-refractivity contribution in [3.05, 3.63) is 16.7 Å². The molecule has 29 heavy (non-hydrogen) atoms. The van der Waals surface area contributed by atoms with Crippen molar-refractivity contribution < 1.29 is 52.2 Å². The summed E-state index contributed by atoms with van der Waals surface area (Å²) in [6.45, 7) is -0.857. The van der Waals surface area contributed by atoms with E-state index >= 15 is 0 Å². The highest BCUT2D eigenvalue weighted by molar-refractivity contribution is 7.46. The Morgan fingerprint density at radius 1 is 1.34 bits per heavy atom. The second kappa shape index (κ2) is 7.52. The second-order valence-electron chi connectivity index (χ2n) is 6.16. The van der Waals surface area contributed by atoms with Crippen LogP contribution in [0, 0.1) is 0 Å². The predicted molar refractivity (Wildman–Crippen MR) is 90.8 cm³/mol. The monoisotopic (exact) mass is 458 g/mol. The van der Waals surface area contributed by atoms with Gasteiger partial charge in [0.1, 0.15) is 18.3 Å². The van der Waals surface area contributed by atoms with Crippen molar-refractivity contribution in [3.63, 3.8) is 0 Å². The smallest absolute Gasteiger partial charge is 0.384 e. The van der Waals surface area contributed by atoms with Crippen molar-refractivity contribution in [2.45, 2.75) is 24.5 Å². The minimum atomic E-state index is -5.13. The van der Waals surface area contributed by atoms with E-state index in [0.29, 0.717) is 0 Å². The number of aliphatic hydroxyl groups is 1. The van der Waals surface area contributed by atoms with Gasteiger partial charge in [0.2, 0.25) is 11.7 Å². The Hall–Kier alpha value is -1.71. The maximum Gasteiger partial charge on any atom is 0.470 e. The van der Waals surface area contributed by atoms with Gasteiger partial charge < -0.3 is 35.2 Å². The summed E-state index contributed by atoms with van der Waals surface area (Å²) < 4.78 is 39.0. The number of nitrogens with zero attached hydrogens (tertiary/aromatic N) is 3. The summed E-state index contributed by atoms with van der Waals surface area (Å²) >= 11 is 0. The zero-order valence-corrected chi connectivity index (χ0v) is 16.4. The normalized spacial score (nSPS) is 25.7. The van der Waals surface area contributed by atoms with Gasteiger partial charge in [-0.1, -0.05) is 4.98 Å². The van der Waals surface area contributed by atoms with Gasteiger partial charge in [-0.3, -0.25) is 23.4 Å². The highest BCUT2D eigenvalue weighted by Gasteiger charge is 2.51. The lowest BCUT2D eigenvalue weighted by Crippen LogP contribution is -2.46. The van der Waals surface area contributed by atoms with Gasteiger partial charge in [0.05, 0.1) is 13.7 Å². The molecular formula is C11H18N5O11P2+. The molecule has 4 atom stereocenters. The molecule has 0 bridgehead atoms. The maximum absolute atomic E-state index is 12.1. The van der Waals surface area contributed by atoms with Crippen molar-refractivity contribution in [3.8, 4) is 0 Å². The average Bonchev–Trinajstić information content (AvgIpc) is 3.02. The van der Waals surface area contributed by atoms with Crippen LogP contribution in [0.25, 0.3) is 11.2 Å². The lowest BCUT2D eigenvalue weighted by molar-refractivity contribution is -0.745. The van der Waals surface area contributed by atoms with Gasteiger partial charge in [0.15, 0.2) is 6.33 Å². The molecule has 16 nitrogen and oxygen atoms in total. The van der Waals surface area contributed by atoms with Crippen LogP contribution in [0.4, 0.5) is 5.95 Å². The Balaban J connectivity index is 2.02. The van der Waals surface area contributed by atoms with Crippen LogP contribution in [0.2, 0.25) is 0 Å². The number of hydrogen-bond donors (Lipinski definition) is 7. The number of phosphoric ester groups is 2. The number of aromatic nitrogens is 4. The number of phosphoric acid groups is 2. The molecular weight excluding hydrogens is 440 g/mol. The van der Waals surface area contributed by atoms with E-state index in [-0.39, 0.29) is 17.1 Å². The predicted octanol–water partition coefficient (Wildman–Crippen LogP) is -3.02. The van der Waals surface area contributed by atoms with Gasteiger partial charge in [-0.2, -0.15) is 0 Å². The number of rotatable bonds is 6. The van der Waals surface area contributed by atoms with E-state index in [1.807, 2.05) is 0 Å². The highest BCUT2D eigenvalue weighted by Crippen LogP contribution is 2.44. The average molecular weight is 458 g/mol. The van der Waals surface area contributed by atoms with E-state index in [0.717, 1.165) is 0 Å². The quantitative estimate of drug-likeness (QED) is 0.168.